The van der Waals surface area contributed by atoms with Gasteiger partial charge in [0.25, 0.3) is 0 Å². The first-order valence-corrected chi connectivity index (χ1v) is 8.80. The van der Waals surface area contributed by atoms with E-state index < -0.39 is 0 Å². The molecule has 0 aromatic heterocycles. The molecule has 2 aromatic rings. The third-order valence-corrected chi connectivity index (χ3v) is 4.44. The summed E-state index contributed by atoms with van der Waals surface area (Å²) in [5, 5.41) is 2.63. The van der Waals surface area contributed by atoms with E-state index in [1.807, 2.05) is 24.3 Å². The zero-order valence-corrected chi connectivity index (χ0v) is 14.4. The molecule has 1 saturated heterocycles. The second-order valence-corrected chi connectivity index (χ2v) is 6.16. The minimum Gasteiger partial charge on any atom is -0.493 e. The van der Waals surface area contributed by atoms with E-state index in [0.717, 1.165) is 50.6 Å². The molecular formula is C20H25N3O2. The van der Waals surface area contributed by atoms with Crippen LogP contribution in [0.5, 0.6) is 5.75 Å². The highest BCUT2D eigenvalue weighted by molar-refractivity contribution is 5.71. The van der Waals surface area contributed by atoms with Crippen molar-refractivity contribution in [3.05, 3.63) is 54.6 Å². The second-order valence-electron chi connectivity index (χ2n) is 6.16. The number of rotatable bonds is 8. The van der Waals surface area contributed by atoms with Gasteiger partial charge in [-0.05, 0) is 30.7 Å². The number of carbonyl (C=O) groups is 1. The molecule has 0 bridgehead atoms. The maximum Gasteiger partial charge on any atom is 0.211 e. The lowest BCUT2D eigenvalue weighted by Gasteiger charge is -2.36. The number of amides is 1. The van der Waals surface area contributed by atoms with E-state index in [1.54, 1.807) is 0 Å². The average molecular weight is 339 g/mol. The summed E-state index contributed by atoms with van der Waals surface area (Å²) in [6.45, 7) is 6.06. The normalized spacial score (nSPS) is 15.0. The van der Waals surface area contributed by atoms with Gasteiger partial charge in [0.1, 0.15) is 5.75 Å². The van der Waals surface area contributed by atoms with Crippen LogP contribution in [0.3, 0.4) is 0 Å². The SMILES string of the molecule is O=CNc1cccc(OCCCN2CCN(c3ccccc3)CC2)c1. The van der Waals surface area contributed by atoms with Crippen molar-refractivity contribution in [1.29, 1.82) is 0 Å². The molecule has 1 aliphatic heterocycles. The lowest BCUT2D eigenvalue weighted by atomic mass is 10.2. The average Bonchev–Trinajstić information content (AvgIpc) is 2.67. The third-order valence-electron chi connectivity index (χ3n) is 4.44. The van der Waals surface area contributed by atoms with Gasteiger partial charge in [0.2, 0.25) is 6.41 Å². The fourth-order valence-corrected chi connectivity index (χ4v) is 3.09. The molecule has 1 fully saturated rings. The van der Waals surface area contributed by atoms with E-state index >= 15 is 0 Å². The van der Waals surface area contributed by atoms with Crippen molar-refractivity contribution in [1.82, 2.24) is 4.90 Å². The first-order chi connectivity index (χ1) is 12.3. The van der Waals surface area contributed by atoms with Crippen LogP contribution in [-0.2, 0) is 4.79 Å². The number of nitrogens with one attached hydrogen (secondary N) is 1. The molecule has 132 valence electrons. The largest absolute Gasteiger partial charge is 0.493 e. The van der Waals surface area contributed by atoms with E-state index in [-0.39, 0.29) is 0 Å². The Morgan fingerprint density at radius 1 is 1.00 bits per heavy atom. The van der Waals surface area contributed by atoms with E-state index in [2.05, 4.69) is 45.4 Å². The van der Waals surface area contributed by atoms with Crippen molar-refractivity contribution in [3.63, 3.8) is 0 Å². The number of anilines is 2. The zero-order chi connectivity index (χ0) is 17.3. The van der Waals surface area contributed by atoms with Crippen LogP contribution in [0, 0.1) is 0 Å². The van der Waals surface area contributed by atoms with Crippen molar-refractivity contribution in [2.45, 2.75) is 6.42 Å². The number of hydrogen-bond donors (Lipinski definition) is 1. The Labute approximate surface area is 149 Å². The highest BCUT2D eigenvalue weighted by Crippen LogP contribution is 2.18. The number of hydrogen-bond acceptors (Lipinski definition) is 4. The molecule has 1 amide bonds. The maximum atomic E-state index is 10.5. The van der Waals surface area contributed by atoms with Gasteiger partial charge in [0.05, 0.1) is 6.61 Å². The summed E-state index contributed by atoms with van der Waals surface area (Å²) in [6, 6.07) is 18.1. The van der Waals surface area contributed by atoms with E-state index in [9.17, 15) is 4.79 Å². The monoisotopic (exact) mass is 339 g/mol. The summed E-state index contributed by atoms with van der Waals surface area (Å²) in [5.74, 6) is 0.792. The maximum absolute atomic E-state index is 10.5. The molecule has 0 aliphatic carbocycles. The van der Waals surface area contributed by atoms with Gasteiger partial charge < -0.3 is 15.0 Å². The smallest absolute Gasteiger partial charge is 0.211 e. The van der Waals surface area contributed by atoms with E-state index in [1.165, 1.54) is 5.69 Å². The van der Waals surface area contributed by atoms with E-state index in [0.29, 0.717) is 13.0 Å². The molecule has 0 spiro atoms. The lowest BCUT2D eigenvalue weighted by molar-refractivity contribution is -0.105. The number of piperazine rings is 1. The number of benzene rings is 2. The molecule has 1 heterocycles. The van der Waals surface area contributed by atoms with Gasteiger partial charge in [0, 0.05) is 50.2 Å². The molecule has 0 radical (unpaired) electrons. The fraction of sp³-hybridized carbons (Fsp3) is 0.350. The Morgan fingerprint density at radius 3 is 2.56 bits per heavy atom. The molecule has 2 aromatic carbocycles. The van der Waals surface area contributed by atoms with Crippen molar-refractivity contribution in [2.75, 3.05) is 49.5 Å². The molecule has 0 saturated carbocycles. The predicted molar refractivity (Wildman–Crippen MR) is 101 cm³/mol. The van der Waals surface area contributed by atoms with Gasteiger partial charge in [-0.1, -0.05) is 24.3 Å². The van der Waals surface area contributed by atoms with Gasteiger partial charge in [-0.3, -0.25) is 9.69 Å². The Bertz CT molecular complexity index is 655. The van der Waals surface area contributed by atoms with Crippen molar-refractivity contribution < 1.29 is 9.53 Å². The number of carbonyl (C=O) groups excluding carboxylic acids is 1. The summed E-state index contributed by atoms with van der Waals surface area (Å²) in [5.41, 5.74) is 2.07. The van der Waals surface area contributed by atoms with Crippen LogP contribution in [-0.4, -0.2) is 50.6 Å². The van der Waals surface area contributed by atoms with E-state index in [4.69, 9.17) is 4.74 Å². The minimum atomic E-state index is 0.675. The molecule has 1 aliphatic rings. The van der Waals surface area contributed by atoms with Gasteiger partial charge in [-0.2, -0.15) is 0 Å². The minimum absolute atomic E-state index is 0.675. The quantitative estimate of drug-likeness (QED) is 0.593. The number of para-hydroxylation sites is 1. The zero-order valence-electron chi connectivity index (χ0n) is 14.4. The van der Waals surface area contributed by atoms with Crippen LogP contribution >= 0.6 is 0 Å². The Hall–Kier alpha value is -2.53. The summed E-state index contributed by atoms with van der Waals surface area (Å²) >= 11 is 0. The van der Waals surface area contributed by atoms with Crippen molar-refractivity contribution >= 4 is 17.8 Å². The lowest BCUT2D eigenvalue weighted by Crippen LogP contribution is -2.46. The molecule has 0 unspecified atom stereocenters. The predicted octanol–water partition coefficient (Wildman–Crippen LogP) is 2.85. The Morgan fingerprint density at radius 2 is 1.80 bits per heavy atom. The summed E-state index contributed by atoms with van der Waals surface area (Å²) in [7, 11) is 0. The van der Waals surface area contributed by atoms with Crippen LogP contribution in [0.4, 0.5) is 11.4 Å². The van der Waals surface area contributed by atoms with Gasteiger partial charge in [-0.15, -0.1) is 0 Å². The van der Waals surface area contributed by atoms with Crippen LogP contribution in [0.15, 0.2) is 54.6 Å². The van der Waals surface area contributed by atoms with Gasteiger partial charge >= 0.3 is 0 Å². The van der Waals surface area contributed by atoms with Crippen LogP contribution < -0.4 is 15.0 Å². The van der Waals surface area contributed by atoms with Gasteiger partial charge in [0.15, 0.2) is 0 Å². The van der Waals surface area contributed by atoms with Crippen LogP contribution in [0.25, 0.3) is 0 Å². The highest BCUT2D eigenvalue weighted by atomic mass is 16.5. The summed E-state index contributed by atoms with van der Waals surface area (Å²) < 4.78 is 5.78. The first kappa shape index (κ1) is 17.3. The van der Waals surface area contributed by atoms with Crippen LogP contribution in [0.2, 0.25) is 0 Å². The fourth-order valence-electron chi connectivity index (χ4n) is 3.09. The molecule has 1 N–H and O–H groups in total. The second kappa shape index (κ2) is 9.08. The van der Waals surface area contributed by atoms with Crippen molar-refractivity contribution in [3.8, 4) is 5.75 Å². The van der Waals surface area contributed by atoms with Crippen LogP contribution in [0.1, 0.15) is 6.42 Å². The Kier molecular flexibility index (Phi) is 6.29. The summed E-state index contributed by atoms with van der Waals surface area (Å²) in [6.07, 6.45) is 1.67. The molecule has 5 nitrogen and oxygen atoms in total. The molecular weight excluding hydrogens is 314 g/mol. The Balaban J connectivity index is 1.35. The van der Waals surface area contributed by atoms with Crippen molar-refractivity contribution in [2.24, 2.45) is 0 Å². The highest BCUT2D eigenvalue weighted by Gasteiger charge is 2.16. The molecule has 3 rings (SSSR count). The number of nitrogens with zero attached hydrogens (tertiary/aromatic N) is 2. The van der Waals surface area contributed by atoms with Gasteiger partial charge in [-0.25, -0.2) is 0 Å². The number of ether oxygens (including phenoxy) is 1. The first-order valence-electron chi connectivity index (χ1n) is 8.80. The summed E-state index contributed by atoms with van der Waals surface area (Å²) in [4.78, 5) is 15.4. The third kappa shape index (κ3) is 5.22. The topological polar surface area (TPSA) is 44.8 Å². The molecule has 5 heteroatoms. The molecule has 25 heavy (non-hydrogen) atoms. The molecule has 0 atom stereocenters. The standard InChI is InChI=1S/C20H25N3O2/c24-17-21-18-6-4-9-20(16-18)25-15-5-10-22-11-13-23(14-12-22)19-7-2-1-3-8-19/h1-4,6-9,16-17H,5,10-15H2,(H,21,24).